The Kier molecular flexibility index (Phi) is 7.28. The van der Waals surface area contributed by atoms with Crippen molar-refractivity contribution in [2.45, 2.75) is 43.9 Å². The van der Waals surface area contributed by atoms with E-state index in [-0.39, 0.29) is 17.4 Å². The van der Waals surface area contributed by atoms with Crippen LogP contribution in [0.4, 0.5) is 5.69 Å². The minimum Gasteiger partial charge on any atom is -0.484 e. The van der Waals surface area contributed by atoms with Crippen molar-refractivity contribution >= 4 is 21.6 Å². The molecule has 0 bridgehead atoms. The summed E-state index contributed by atoms with van der Waals surface area (Å²) < 4.78 is 32.6. The number of nitrogens with one attached hydrogen (secondary N) is 1. The van der Waals surface area contributed by atoms with Crippen molar-refractivity contribution in [1.29, 1.82) is 0 Å². The molecule has 3 rings (SSSR count). The van der Waals surface area contributed by atoms with Crippen LogP contribution in [-0.2, 0) is 21.2 Å². The zero-order valence-corrected chi connectivity index (χ0v) is 17.6. The summed E-state index contributed by atoms with van der Waals surface area (Å²) in [5.74, 6) is 0.337. The number of carbonyl (C=O) groups excluding carboxylic acids is 1. The summed E-state index contributed by atoms with van der Waals surface area (Å²) in [5, 5.41) is 2.73. The Morgan fingerprint density at radius 3 is 2.17 bits per heavy atom. The molecular formula is C22H28N2O4S. The van der Waals surface area contributed by atoms with E-state index in [1.165, 1.54) is 5.56 Å². The van der Waals surface area contributed by atoms with E-state index in [0.29, 0.717) is 24.5 Å². The van der Waals surface area contributed by atoms with Gasteiger partial charge in [0.15, 0.2) is 6.61 Å². The van der Waals surface area contributed by atoms with Crippen molar-refractivity contribution in [3.8, 4) is 5.75 Å². The van der Waals surface area contributed by atoms with E-state index in [0.717, 1.165) is 32.1 Å². The molecule has 1 amide bonds. The van der Waals surface area contributed by atoms with Crippen molar-refractivity contribution < 1.29 is 17.9 Å². The first-order valence-electron chi connectivity index (χ1n) is 10.1. The average molecular weight is 417 g/mol. The van der Waals surface area contributed by atoms with Crippen LogP contribution >= 0.6 is 0 Å². The van der Waals surface area contributed by atoms with Crippen LogP contribution in [0.2, 0.25) is 0 Å². The Bertz CT molecular complexity index is 901. The second-order valence-corrected chi connectivity index (χ2v) is 9.11. The smallest absolute Gasteiger partial charge is 0.262 e. The molecule has 0 atom stereocenters. The van der Waals surface area contributed by atoms with E-state index in [4.69, 9.17) is 4.74 Å². The van der Waals surface area contributed by atoms with Gasteiger partial charge in [-0.1, -0.05) is 31.9 Å². The molecule has 29 heavy (non-hydrogen) atoms. The molecule has 156 valence electrons. The molecule has 2 aromatic rings. The number of carbonyl (C=O) groups is 1. The van der Waals surface area contributed by atoms with Gasteiger partial charge in [0.25, 0.3) is 5.91 Å². The summed E-state index contributed by atoms with van der Waals surface area (Å²) in [6.45, 7) is 3.10. The van der Waals surface area contributed by atoms with Gasteiger partial charge in [0, 0.05) is 18.8 Å². The number of amides is 1. The first-order valence-corrected chi connectivity index (χ1v) is 11.5. The summed E-state index contributed by atoms with van der Waals surface area (Å²) >= 11 is 0. The Hall–Kier alpha value is -2.38. The lowest BCUT2D eigenvalue weighted by Gasteiger charge is -2.20. The van der Waals surface area contributed by atoms with Gasteiger partial charge in [-0.15, -0.1) is 0 Å². The SMILES string of the molecule is CCc1ccc(OCC(=O)Nc2ccc(S(=O)(=O)N3CCCCCC3)cc2)cc1. The van der Waals surface area contributed by atoms with Gasteiger partial charge in [0.1, 0.15) is 5.75 Å². The fraction of sp³-hybridized carbons (Fsp3) is 0.409. The van der Waals surface area contributed by atoms with Crippen molar-refractivity contribution in [2.24, 2.45) is 0 Å². The molecule has 0 aliphatic carbocycles. The van der Waals surface area contributed by atoms with Crippen LogP contribution in [-0.4, -0.2) is 38.3 Å². The fourth-order valence-corrected chi connectivity index (χ4v) is 4.83. The number of nitrogens with zero attached hydrogens (tertiary/aromatic N) is 1. The van der Waals surface area contributed by atoms with Gasteiger partial charge in [-0.25, -0.2) is 8.42 Å². The zero-order chi connectivity index (χ0) is 20.7. The minimum absolute atomic E-state index is 0.112. The molecular weight excluding hydrogens is 388 g/mol. The molecule has 1 aliphatic rings. The van der Waals surface area contributed by atoms with E-state index >= 15 is 0 Å². The van der Waals surface area contributed by atoms with Gasteiger partial charge in [0.2, 0.25) is 10.0 Å². The van der Waals surface area contributed by atoms with E-state index in [2.05, 4.69) is 12.2 Å². The topological polar surface area (TPSA) is 75.7 Å². The largest absolute Gasteiger partial charge is 0.484 e. The van der Waals surface area contributed by atoms with Gasteiger partial charge in [-0.05, 0) is 61.2 Å². The highest BCUT2D eigenvalue weighted by molar-refractivity contribution is 7.89. The second-order valence-electron chi connectivity index (χ2n) is 7.18. The number of benzene rings is 2. The predicted octanol–water partition coefficient (Wildman–Crippen LogP) is 3.83. The summed E-state index contributed by atoms with van der Waals surface area (Å²) in [5.41, 5.74) is 1.74. The third kappa shape index (κ3) is 5.81. The second kappa shape index (κ2) is 9.89. The van der Waals surface area contributed by atoms with E-state index in [9.17, 15) is 13.2 Å². The number of anilines is 1. The van der Waals surface area contributed by atoms with Crippen LogP contribution in [0.25, 0.3) is 0 Å². The quantitative estimate of drug-likeness (QED) is 0.744. The zero-order valence-electron chi connectivity index (χ0n) is 16.8. The van der Waals surface area contributed by atoms with Crippen LogP contribution in [0.3, 0.4) is 0 Å². The lowest BCUT2D eigenvalue weighted by atomic mass is 10.2. The highest BCUT2D eigenvalue weighted by Crippen LogP contribution is 2.22. The van der Waals surface area contributed by atoms with E-state index in [1.54, 1.807) is 28.6 Å². The molecule has 1 fully saturated rings. The first-order chi connectivity index (χ1) is 14.0. The van der Waals surface area contributed by atoms with Crippen molar-refractivity contribution in [2.75, 3.05) is 25.0 Å². The average Bonchev–Trinajstić information content (AvgIpc) is 3.03. The van der Waals surface area contributed by atoms with E-state index in [1.807, 2.05) is 24.3 Å². The minimum atomic E-state index is -3.49. The molecule has 1 heterocycles. The maximum atomic E-state index is 12.8. The summed E-state index contributed by atoms with van der Waals surface area (Å²) in [6.07, 6.45) is 4.89. The molecule has 2 aromatic carbocycles. The van der Waals surface area contributed by atoms with Crippen LogP contribution in [0, 0.1) is 0 Å². The van der Waals surface area contributed by atoms with Gasteiger partial charge >= 0.3 is 0 Å². The van der Waals surface area contributed by atoms with Crippen LogP contribution in [0.5, 0.6) is 5.75 Å². The Morgan fingerprint density at radius 1 is 0.966 bits per heavy atom. The first kappa shape index (κ1) is 21.3. The molecule has 6 nitrogen and oxygen atoms in total. The number of hydrogen-bond donors (Lipinski definition) is 1. The molecule has 1 aliphatic heterocycles. The number of hydrogen-bond acceptors (Lipinski definition) is 4. The molecule has 0 saturated carbocycles. The molecule has 7 heteroatoms. The van der Waals surface area contributed by atoms with Crippen LogP contribution in [0.15, 0.2) is 53.4 Å². The summed E-state index contributed by atoms with van der Waals surface area (Å²) in [6, 6.07) is 13.9. The third-order valence-electron chi connectivity index (χ3n) is 5.04. The van der Waals surface area contributed by atoms with Crippen LogP contribution in [0.1, 0.15) is 38.2 Å². The Labute approximate surface area is 172 Å². The molecule has 0 radical (unpaired) electrons. The van der Waals surface area contributed by atoms with Crippen molar-refractivity contribution in [3.05, 3.63) is 54.1 Å². The van der Waals surface area contributed by atoms with Gasteiger partial charge in [0.05, 0.1) is 4.90 Å². The van der Waals surface area contributed by atoms with Crippen molar-refractivity contribution in [3.63, 3.8) is 0 Å². The maximum Gasteiger partial charge on any atom is 0.262 e. The lowest BCUT2D eigenvalue weighted by Crippen LogP contribution is -2.31. The summed E-state index contributed by atoms with van der Waals surface area (Å²) in [4.78, 5) is 12.4. The number of aryl methyl sites for hydroxylation is 1. The highest BCUT2D eigenvalue weighted by atomic mass is 32.2. The molecule has 0 spiro atoms. The molecule has 0 aromatic heterocycles. The lowest BCUT2D eigenvalue weighted by molar-refractivity contribution is -0.118. The molecule has 0 unspecified atom stereocenters. The predicted molar refractivity (Wildman–Crippen MR) is 114 cm³/mol. The van der Waals surface area contributed by atoms with Crippen molar-refractivity contribution in [1.82, 2.24) is 4.31 Å². The van der Waals surface area contributed by atoms with Crippen LogP contribution < -0.4 is 10.1 Å². The van der Waals surface area contributed by atoms with E-state index < -0.39 is 10.0 Å². The van der Waals surface area contributed by atoms with Gasteiger partial charge in [-0.2, -0.15) is 4.31 Å². The number of sulfonamides is 1. The number of ether oxygens (including phenoxy) is 1. The third-order valence-corrected chi connectivity index (χ3v) is 6.96. The monoisotopic (exact) mass is 416 g/mol. The fourth-order valence-electron chi connectivity index (χ4n) is 3.31. The summed E-state index contributed by atoms with van der Waals surface area (Å²) in [7, 11) is -3.49. The highest BCUT2D eigenvalue weighted by Gasteiger charge is 2.24. The molecule has 1 N–H and O–H groups in total. The normalized spacial score (nSPS) is 15.5. The Balaban J connectivity index is 1.55. The Morgan fingerprint density at radius 2 is 1.59 bits per heavy atom. The molecule has 1 saturated heterocycles. The maximum absolute atomic E-state index is 12.8. The van der Waals surface area contributed by atoms with Gasteiger partial charge in [-0.3, -0.25) is 4.79 Å². The van der Waals surface area contributed by atoms with Gasteiger partial charge < -0.3 is 10.1 Å². The number of rotatable bonds is 7. The standard InChI is InChI=1S/C22H28N2O4S/c1-2-18-7-11-20(12-8-18)28-17-22(25)23-19-9-13-21(14-10-19)29(26,27)24-15-5-3-4-6-16-24/h7-14H,2-6,15-17H2,1H3,(H,23,25).